The predicted octanol–water partition coefficient (Wildman–Crippen LogP) is 13.5. The molecule has 6 heteroatoms. The molecule has 0 aliphatic heterocycles. The number of fused-ring (bicyclic) bond motifs is 5. The number of esters is 2. The lowest BCUT2D eigenvalue weighted by Crippen LogP contribution is -2.10. The monoisotopic (exact) mass is 778 g/mol. The van der Waals surface area contributed by atoms with Gasteiger partial charge in [0.2, 0.25) is 0 Å². The maximum absolute atomic E-state index is 13.4. The fourth-order valence-electron chi connectivity index (χ4n) is 8.84. The van der Waals surface area contributed by atoms with Crippen molar-refractivity contribution in [1.29, 1.82) is 0 Å². The first kappa shape index (κ1) is 36.4. The van der Waals surface area contributed by atoms with E-state index in [0.29, 0.717) is 11.1 Å². The van der Waals surface area contributed by atoms with E-state index in [2.05, 4.69) is 125 Å². The maximum atomic E-state index is 13.4. The third-order valence-corrected chi connectivity index (χ3v) is 11.4. The Morgan fingerprint density at radius 1 is 0.400 bits per heavy atom. The van der Waals surface area contributed by atoms with Crippen molar-refractivity contribution in [3.05, 3.63) is 205 Å². The summed E-state index contributed by atoms with van der Waals surface area (Å²) in [7, 11) is 2.81. The van der Waals surface area contributed by atoms with Crippen molar-refractivity contribution in [2.45, 2.75) is 0 Å². The minimum Gasteiger partial charge on any atom is -0.465 e. The molecule has 1 aromatic heterocycles. The lowest BCUT2D eigenvalue weighted by atomic mass is 9.83. The van der Waals surface area contributed by atoms with Gasteiger partial charge in [0.05, 0.1) is 36.4 Å². The van der Waals surface area contributed by atoms with Crippen LogP contribution in [0.1, 0.15) is 20.7 Å². The van der Waals surface area contributed by atoms with Gasteiger partial charge in [-0.1, -0.05) is 121 Å². The first-order valence-electron chi connectivity index (χ1n) is 19.8. The second-order valence-corrected chi connectivity index (χ2v) is 14.7. The summed E-state index contributed by atoms with van der Waals surface area (Å²) >= 11 is 0. The topological polar surface area (TPSA) is 60.8 Å². The molecule has 0 atom stereocenters. The van der Waals surface area contributed by atoms with Crippen LogP contribution in [-0.2, 0) is 9.47 Å². The van der Waals surface area contributed by atoms with E-state index in [9.17, 15) is 9.59 Å². The lowest BCUT2D eigenvalue weighted by molar-refractivity contribution is 0.0592. The molecule has 0 saturated heterocycles. The molecule has 0 fully saturated rings. The fraction of sp³-hybridized carbons (Fsp3) is 0.0370. The number of rotatable bonds is 8. The van der Waals surface area contributed by atoms with Crippen LogP contribution in [0.15, 0.2) is 194 Å². The van der Waals surface area contributed by atoms with Crippen LogP contribution in [0.3, 0.4) is 0 Å². The van der Waals surface area contributed by atoms with Crippen LogP contribution in [0.25, 0.3) is 71.3 Å². The molecule has 10 aromatic rings. The predicted molar refractivity (Wildman–Crippen MR) is 244 cm³/mol. The third-order valence-electron chi connectivity index (χ3n) is 11.4. The normalized spacial score (nSPS) is 11.3. The Balaban J connectivity index is 1.24. The number of ether oxygens (including phenoxy) is 2. The van der Waals surface area contributed by atoms with Gasteiger partial charge in [0.1, 0.15) is 0 Å². The molecule has 0 radical (unpaired) electrons. The summed E-state index contributed by atoms with van der Waals surface area (Å²) in [6, 6.07) is 65.9. The van der Waals surface area contributed by atoms with Crippen molar-refractivity contribution >= 4 is 72.4 Å². The van der Waals surface area contributed by atoms with Crippen LogP contribution in [0.2, 0.25) is 0 Å². The summed E-state index contributed by atoms with van der Waals surface area (Å²) < 4.78 is 12.9. The van der Waals surface area contributed by atoms with Gasteiger partial charge < -0.3 is 18.9 Å². The van der Waals surface area contributed by atoms with E-state index in [1.54, 1.807) is 12.1 Å². The number of aromatic nitrogens is 1. The standard InChI is InChI=1S/C54H38N2O4/c1-59-53(57)46-24-10-8-22-43(46)51-41-20-6-7-21-42(41)52(44-23-9-11-25-47(44)54(58)60-2)48-34-38(32-33-45(48)51)55(35-16-4-3-5-17-35)36-28-30-37(31-29-36)56-49-26-14-12-18-39(49)40-19-13-15-27-50(40)56/h3-34H,1-2H3. The van der Waals surface area contributed by atoms with E-state index < -0.39 is 11.9 Å². The molecule has 288 valence electrons. The lowest BCUT2D eigenvalue weighted by Gasteiger charge is -2.27. The molecule has 10 rings (SSSR count). The van der Waals surface area contributed by atoms with E-state index in [1.807, 2.05) is 66.7 Å². The number of methoxy groups -OCH3 is 2. The van der Waals surface area contributed by atoms with Gasteiger partial charge in [-0.05, 0) is 117 Å². The van der Waals surface area contributed by atoms with Crippen molar-refractivity contribution in [2.24, 2.45) is 0 Å². The van der Waals surface area contributed by atoms with Crippen LogP contribution in [-0.4, -0.2) is 30.7 Å². The average molecular weight is 779 g/mol. The van der Waals surface area contributed by atoms with Gasteiger partial charge in [-0.2, -0.15) is 0 Å². The van der Waals surface area contributed by atoms with Crippen molar-refractivity contribution in [3.63, 3.8) is 0 Å². The highest BCUT2D eigenvalue weighted by molar-refractivity contribution is 6.24. The molecule has 0 aliphatic rings. The number of benzene rings is 9. The third kappa shape index (κ3) is 5.96. The van der Waals surface area contributed by atoms with E-state index in [-0.39, 0.29) is 0 Å². The zero-order valence-electron chi connectivity index (χ0n) is 33.0. The van der Waals surface area contributed by atoms with E-state index in [4.69, 9.17) is 9.47 Å². The van der Waals surface area contributed by atoms with Gasteiger partial charge in [0, 0.05) is 33.5 Å². The van der Waals surface area contributed by atoms with Crippen molar-refractivity contribution in [2.75, 3.05) is 19.1 Å². The SMILES string of the molecule is COC(=O)c1ccccc1-c1c2ccccc2c(-c2ccccc2C(=O)OC)c2cc(N(c3ccccc3)c3ccc(-n4c5ccccc5c5ccccc54)cc3)ccc12. The van der Waals surface area contributed by atoms with Crippen LogP contribution >= 0.6 is 0 Å². The van der Waals surface area contributed by atoms with Crippen molar-refractivity contribution < 1.29 is 19.1 Å². The summed E-state index contributed by atoms with van der Waals surface area (Å²) in [5.41, 5.74) is 10.4. The van der Waals surface area contributed by atoms with Gasteiger partial charge in [0.15, 0.2) is 0 Å². The molecule has 1 heterocycles. The molecular formula is C54H38N2O4. The molecule has 0 unspecified atom stereocenters. The Bertz CT molecular complexity index is 3220. The minimum atomic E-state index is -0.423. The van der Waals surface area contributed by atoms with E-state index >= 15 is 0 Å². The Morgan fingerprint density at radius 3 is 1.37 bits per heavy atom. The van der Waals surface area contributed by atoms with E-state index in [1.165, 1.54) is 25.0 Å². The molecule has 0 spiro atoms. The number of nitrogens with zero attached hydrogens (tertiary/aromatic N) is 2. The van der Waals surface area contributed by atoms with Crippen LogP contribution in [0.5, 0.6) is 0 Å². The second kappa shape index (κ2) is 15.1. The summed E-state index contributed by atoms with van der Waals surface area (Å²) in [6.45, 7) is 0. The molecule has 0 aliphatic carbocycles. The Morgan fingerprint density at radius 2 is 0.817 bits per heavy atom. The summed E-state index contributed by atoms with van der Waals surface area (Å²) in [5.74, 6) is -0.840. The molecule has 60 heavy (non-hydrogen) atoms. The Kier molecular flexibility index (Phi) is 9.15. The van der Waals surface area contributed by atoms with Gasteiger partial charge in [-0.25, -0.2) is 9.59 Å². The number of anilines is 3. The number of carbonyl (C=O) groups excluding carboxylic acids is 2. The highest BCUT2D eigenvalue weighted by Crippen LogP contribution is 2.48. The van der Waals surface area contributed by atoms with Crippen LogP contribution in [0.4, 0.5) is 17.1 Å². The Labute approximate surface area is 347 Å². The fourth-order valence-corrected chi connectivity index (χ4v) is 8.84. The number of hydrogen-bond donors (Lipinski definition) is 0. The molecule has 0 N–H and O–H groups in total. The number of hydrogen-bond acceptors (Lipinski definition) is 5. The second-order valence-electron chi connectivity index (χ2n) is 14.7. The minimum absolute atomic E-state index is 0.417. The largest absolute Gasteiger partial charge is 0.465 e. The van der Waals surface area contributed by atoms with Gasteiger partial charge in [-0.15, -0.1) is 0 Å². The summed E-state index contributed by atoms with van der Waals surface area (Å²) in [6.07, 6.45) is 0. The molecule has 0 saturated carbocycles. The van der Waals surface area contributed by atoms with Gasteiger partial charge >= 0.3 is 11.9 Å². The highest BCUT2D eigenvalue weighted by atomic mass is 16.5. The van der Waals surface area contributed by atoms with Crippen LogP contribution < -0.4 is 4.90 Å². The van der Waals surface area contributed by atoms with E-state index in [0.717, 1.165) is 77.6 Å². The maximum Gasteiger partial charge on any atom is 0.338 e. The first-order chi connectivity index (χ1) is 29.6. The molecule has 0 bridgehead atoms. The molecule has 0 amide bonds. The summed E-state index contributed by atoms with van der Waals surface area (Å²) in [4.78, 5) is 29.0. The zero-order valence-corrected chi connectivity index (χ0v) is 33.0. The average Bonchev–Trinajstić information content (AvgIpc) is 3.65. The summed E-state index contributed by atoms with van der Waals surface area (Å²) in [5, 5.41) is 6.10. The molecular weight excluding hydrogens is 741 g/mol. The zero-order chi connectivity index (χ0) is 40.7. The van der Waals surface area contributed by atoms with Crippen molar-refractivity contribution in [3.8, 4) is 27.9 Å². The number of carbonyl (C=O) groups is 2. The Hall–Kier alpha value is -7.96. The molecule has 6 nitrogen and oxygen atoms in total. The quantitative estimate of drug-likeness (QED) is 0.114. The van der Waals surface area contributed by atoms with Crippen molar-refractivity contribution in [1.82, 2.24) is 4.57 Å². The van der Waals surface area contributed by atoms with Gasteiger partial charge in [0.25, 0.3) is 0 Å². The highest BCUT2D eigenvalue weighted by Gasteiger charge is 2.25. The smallest absolute Gasteiger partial charge is 0.338 e. The van der Waals surface area contributed by atoms with Gasteiger partial charge in [-0.3, -0.25) is 0 Å². The number of para-hydroxylation sites is 3. The van der Waals surface area contributed by atoms with Crippen LogP contribution in [0, 0.1) is 0 Å². The first-order valence-corrected chi connectivity index (χ1v) is 19.8. The molecule has 9 aromatic carbocycles.